The molecule has 4 aromatic rings. The molecule has 0 unspecified atom stereocenters. The summed E-state index contributed by atoms with van der Waals surface area (Å²) in [5, 5.41) is 20.4. The number of nitrogens with zero attached hydrogens (tertiary/aromatic N) is 2. The molecular weight excluding hydrogens is 352 g/mol. The maximum absolute atomic E-state index is 10.3. The minimum absolute atomic E-state index is 0.0660. The number of phenolic OH excluding ortho intramolecular Hbond substituents is 2. The van der Waals surface area contributed by atoms with E-state index >= 15 is 0 Å². The molecule has 5 nitrogen and oxygen atoms in total. The van der Waals surface area contributed by atoms with E-state index in [1.54, 1.807) is 30.5 Å². The summed E-state index contributed by atoms with van der Waals surface area (Å²) in [6.45, 7) is 5.92. The molecule has 140 valence electrons. The summed E-state index contributed by atoms with van der Waals surface area (Å²) in [5.74, 6) is 0.584. The molecule has 0 saturated heterocycles. The van der Waals surface area contributed by atoms with Gasteiger partial charge >= 0.3 is 0 Å². The van der Waals surface area contributed by atoms with Crippen LogP contribution in [0, 0.1) is 20.8 Å². The first-order chi connectivity index (χ1) is 13.4. The molecule has 1 heterocycles. The van der Waals surface area contributed by atoms with Gasteiger partial charge in [-0.1, -0.05) is 6.07 Å². The molecule has 0 aliphatic carbocycles. The Balaban J connectivity index is 1.71. The normalized spacial score (nSPS) is 11.5. The van der Waals surface area contributed by atoms with E-state index in [2.05, 4.69) is 9.98 Å². The summed E-state index contributed by atoms with van der Waals surface area (Å²) in [6, 6.07) is 14.3. The van der Waals surface area contributed by atoms with E-state index in [1.165, 1.54) is 0 Å². The fraction of sp³-hybridized carbons (Fsp3) is 0.130. The number of hydrogen-bond acceptors (Lipinski definition) is 5. The lowest BCUT2D eigenvalue weighted by atomic mass is 10.1. The third-order valence-electron chi connectivity index (χ3n) is 4.75. The highest BCUT2D eigenvalue weighted by atomic mass is 16.3. The second kappa shape index (κ2) is 6.85. The third kappa shape index (κ3) is 3.34. The summed E-state index contributed by atoms with van der Waals surface area (Å²) in [4.78, 5) is 8.90. The first kappa shape index (κ1) is 17.8. The summed E-state index contributed by atoms with van der Waals surface area (Å²) >= 11 is 0. The van der Waals surface area contributed by atoms with Crippen LogP contribution in [0.4, 0.5) is 5.69 Å². The highest BCUT2D eigenvalue weighted by molar-refractivity contribution is 5.86. The Hall–Kier alpha value is -3.60. The molecule has 1 aromatic heterocycles. The van der Waals surface area contributed by atoms with Crippen LogP contribution in [0.1, 0.15) is 22.3 Å². The molecule has 0 aliphatic heterocycles. The van der Waals surface area contributed by atoms with Crippen molar-refractivity contribution in [2.75, 3.05) is 0 Å². The molecule has 5 heteroatoms. The Morgan fingerprint density at radius 2 is 1.68 bits per heavy atom. The van der Waals surface area contributed by atoms with Gasteiger partial charge < -0.3 is 14.6 Å². The summed E-state index contributed by atoms with van der Waals surface area (Å²) < 4.78 is 5.82. The van der Waals surface area contributed by atoms with Gasteiger partial charge in [-0.25, -0.2) is 4.98 Å². The number of aliphatic imine (C=N–C) groups is 1. The van der Waals surface area contributed by atoms with Gasteiger partial charge in [0.05, 0.1) is 11.3 Å². The number of aryl methyl sites for hydroxylation is 3. The summed E-state index contributed by atoms with van der Waals surface area (Å²) in [7, 11) is 0. The van der Waals surface area contributed by atoms with Gasteiger partial charge in [-0.2, -0.15) is 0 Å². The van der Waals surface area contributed by atoms with Crippen molar-refractivity contribution >= 4 is 23.0 Å². The summed E-state index contributed by atoms with van der Waals surface area (Å²) in [6.07, 6.45) is 1.60. The van der Waals surface area contributed by atoms with Crippen molar-refractivity contribution in [3.63, 3.8) is 0 Å². The Morgan fingerprint density at radius 3 is 2.50 bits per heavy atom. The minimum atomic E-state index is 0.0660. The number of oxazole rings is 1. The zero-order valence-corrected chi connectivity index (χ0v) is 15.9. The van der Waals surface area contributed by atoms with Gasteiger partial charge in [0.15, 0.2) is 5.58 Å². The monoisotopic (exact) mass is 372 g/mol. The number of benzene rings is 3. The molecule has 28 heavy (non-hydrogen) atoms. The van der Waals surface area contributed by atoms with Crippen molar-refractivity contribution in [3.8, 4) is 23.0 Å². The second-order valence-corrected chi connectivity index (χ2v) is 6.95. The van der Waals surface area contributed by atoms with Crippen LogP contribution in [-0.4, -0.2) is 21.4 Å². The van der Waals surface area contributed by atoms with E-state index in [0.29, 0.717) is 28.3 Å². The molecule has 4 rings (SSSR count). The maximum atomic E-state index is 10.3. The van der Waals surface area contributed by atoms with Crippen molar-refractivity contribution in [1.82, 2.24) is 4.98 Å². The number of aromatic hydroxyl groups is 2. The summed E-state index contributed by atoms with van der Waals surface area (Å²) in [5.41, 5.74) is 6.29. The lowest BCUT2D eigenvalue weighted by Gasteiger charge is -2.05. The molecule has 0 aliphatic rings. The van der Waals surface area contributed by atoms with Crippen molar-refractivity contribution in [1.29, 1.82) is 0 Å². The molecule has 0 spiro atoms. The van der Waals surface area contributed by atoms with Crippen molar-refractivity contribution in [2.45, 2.75) is 20.8 Å². The van der Waals surface area contributed by atoms with Crippen molar-refractivity contribution in [2.24, 2.45) is 4.99 Å². The molecule has 0 saturated carbocycles. The average Bonchev–Trinajstić information content (AvgIpc) is 3.07. The van der Waals surface area contributed by atoms with Gasteiger partial charge in [0.2, 0.25) is 5.89 Å². The maximum Gasteiger partial charge on any atom is 0.231 e. The van der Waals surface area contributed by atoms with Crippen LogP contribution in [0.5, 0.6) is 11.5 Å². The number of fused-ring (bicyclic) bond motifs is 1. The molecule has 2 N–H and O–H groups in total. The van der Waals surface area contributed by atoms with Crippen molar-refractivity contribution < 1.29 is 14.6 Å². The minimum Gasteiger partial charge on any atom is -0.507 e. The first-order valence-electron chi connectivity index (χ1n) is 8.95. The smallest absolute Gasteiger partial charge is 0.231 e. The molecule has 0 atom stereocenters. The fourth-order valence-corrected chi connectivity index (χ4v) is 2.99. The van der Waals surface area contributed by atoms with E-state index < -0.39 is 0 Å². The van der Waals surface area contributed by atoms with Crippen LogP contribution in [0.25, 0.3) is 22.6 Å². The molecule has 0 amide bonds. The Kier molecular flexibility index (Phi) is 4.35. The SMILES string of the molecule is Cc1ccc2nc(-c3cc(N=Cc4cc(C)c(C)cc4O)ccc3O)oc2c1. The van der Waals surface area contributed by atoms with Crippen LogP contribution in [0.2, 0.25) is 0 Å². The van der Waals surface area contributed by atoms with Gasteiger partial charge in [0.25, 0.3) is 0 Å². The van der Waals surface area contributed by atoms with E-state index in [0.717, 1.165) is 22.2 Å². The predicted octanol–water partition coefficient (Wildman–Crippen LogP) is 5.58. The van der Waals surface area contributed by atoms with Crippen LogP contribution in [0.3, 0.4) is 0 Å². The predicted molar refractivity (Wildman–Crippen MR) is 111 cm³/mol. The van der Waals surface area contributed by atoms with Gasteiger partial charge in [-0.3, -0.25) is 4.99 Å². The van der Waals surface area contributed by atoms with Crippen LogP contribution < -0.4 is 0 Å². The number of aromatic nitrogens is 1. The number of rotatable bonds is 3. The van der Waals surface area contributed by atoms with Crippen LogP contribution in [0.15, 0.2) is 57.9 Å². The highest BCUT2D eigenvalue weighted by Crippen LogP contribution is 2.34. The van der Waals surface area contributed by atoms with E-state index in [1.807, 2.05) is 45.0 Å². The first-order valence-corrected chi connectivity index (χ1v) is 8.95. The van der Waals surface area contributed by atoms with Gasteiger partial charge in [0, 0.05) is 11.8 Å². The Bertz CT molecular complexity index is 1220. The topological polar surface area (TPSA) is 78.9 Å². The average molecular weight is 372 g/mol. The van der Waals surface area contributed by atoms with Gasteiger partial charge in [-0.15, -0.1) is 0 Å². The van der Waals surface area contributed by atoms with E-state index in [-0.39, 0.29) is 11.5 Å². The van der Waals surface area contributed by atoms with Crippen molar-refractivity contribution in [3.05, 3.63) is 70.8 Å². The standard InChI is InChI=1S/C23H20N2O3/c1-13-4-6-19-22(8-13)28-23(25-19)18-11-17(5-7-20(18)26)24-12-16-9-14(2)15(3)10-21(16)27/h4-12,26-27H,1-3H3. The molecule has 3 aromatic carbocycles. The lowest BCUT2D eigenvalue weighted by Crippen LogP contribution is -1.88. The highest BCUT2D eigenvalue weighted by Gasteiger charge is 2.13. The molecule has 0 fully saturated rings. The van der Waals surface area contributed by atoms with Gasteiger partial charge in [0.1, 0.15) is 17.0 Å². The van der Waals surface area contributed by atoms with Gasteiger partial charge in [-0.05, 0) is 79.9 Å². The number of phenols is 2. The zero-order chi connectivity index (χ0) is 19.8. The van der Waals surface area contributed by atoms with E-state index in [9.17, 15) is 10.2 Å². The quantitative estimate of drug-likeness (QED) is 0.460. The fourth-order valence-electron chi connectivity index (χ4n) is 2.99. The van der Waals surface area contributed by atoms with Crippen LogP contribution in [-0.2, 0) is 0 Å². The van der Waals surface area contributed by atoms with E-state index in [4.69, 9.17) is 4.42 Å². The van der Waals surface area contributed by atoms with Crippen LogP contribution >= 0.6 is 0 Å². The molecular formula is C23H20N2O3. The Labute approximate surface area is 162 Å². The lowest BCUT2D eigenvalue weighted by molar-refractivity contribution is 0.473. The third-order valence-corrected chi connectivity index (χ3v) is 4.75. The molecule has 0 bridgehead atoms. The Morgan fingerprint density at radius 1 is 0.893 bits per heavy atom. The second-order valence-electron chi connectivity index (χ2n) is 6.95. The number of hydrogen-bond donors (Lipinski definition) is 2. The zero-order valence-electron chi connectivity index (χ0n) is 15.9. The largest absolute Gasteiger partial charge is 0.507 e. The molecule has 0 radical (unpaired) electrons.